The molecule has 0 unspecified atom stereocenters. The zero-order chi connectivity index (χ0) is 22.5. The van der Waals surface area contributed by atoms with Gasteiger partial charge < -0.3 is 0 Å². The van der Waals surface area contributed by atoms with E-state index in [1.165, 1.54) is 0 Å². The molecule has 0 bridgehead atoms. The summed E-state index contributed by atoms with van der Waals surface area (Å²) in [6.07, 6.45) is 0. The largest absolute Gasteiger partial charge is 0.285 e. The molecule has 0 saturated carbocycles. The van der Waals surface area contributed by atoms with Crippen LogP contribution < -0.4 is 0 Å². The van der Waals surface area contributed by atoms with Gasteiger partial charge in [-0.15, -0.1) is 0 Å². The molecule has 0 radical (unpaired) electrons. The number of benzene rings is 4. The Bertz CT molecular complexity index is 1200. The topological polar surface area (TPSA) is 68.3 Å². The first kappa shape index (κ1) is 20.8. The number of carbonyl (C=O) groups is 4. The minimum absolute atomic E-state index is 0.408. The van der Waals surface area contributed by atoms with Crippen LogP contribution in [0.25, 0.3) is 11.1 Å². The number of Topliss-reactive ketones (excluding diaryl/α,β-unsaturated/α-hetero) is 4. The van der Waals surface area contributed by atoms with Crippen LogP contribution in [-0.2, 0) is 0 Å². The number of fused-ring (bicyclic) bond motifs is 3. The molecule has 1 aliphatic carbocycles. The summed E-state index contributed by atoms with van der Waals surface area (Å²) >= 11 is 0. The van der Waals surface area contributed by atoms with Gasteiger partial charge >= 0.3 is 0 Å². The third-order valence-corrected chi connectivity index (χ3v) is 5.12. The van der Waals surface area contributed by atoms with Crippen LogP contribution >= 0.6 is 0 Å². The second-order valence-electron chi connectivity index (χ2n) is 7.14. The van der Waals surface area contributed by atoms with Crippen LogP contribution in [0, 0.1) is 0 Å². The van der Waals surface area contributed by atoms with Gasteiger partial charge in [-0.1, -0.05) is 109 Å². The summed E-state index contributed by atoms with van der Waals surface area (Å²) in [5, 5.41) is 0. The summed E-state index contributed by atoms with van der Waals surface area (Å²) in [4.78, 5) is 47.3. The molecule has 4 heteroatoms. The Morgan fingerprint density at radius 2 is 0.656 bits per heavy atom. The molecule has 0 fully saturated rings. The van der Waals surface area contributed by atoms with Crippen LogP contribution in [0.2, 0.25) is 0 Å². The molecule has 4 nitrogen and oxygen atoms in total. The molecule has 154 valence electrons. The molecular weight excluding hydrogens is 400 g/mol. The Kier molecular flexibility index (Phi) is 5.95. The lowest BCUT2D eigenvalue weighted by Gasteiger charge is -2.16. The van der Waals surface area contributed by atoms with Gasteiger partial charge in [0, 0.05) is 22.3 Å². The van der Waals surface area contributed by atoms with Gasteiger partial charge in [0.15, 0.2) is 0 Å². The lowest BCUT2D eigenvalue weighted by atomic mass is 9.84. The smallest absolute Gasteiger partial charge is 0.234 e. The third kappa shape index (κ3) is 4.07. The average Bonchev–Trinajstić information content (AvgIpc) is 2.88. The van der Waals surface area contributed by atoms with Crippen molar-refractivity contribution in [2.45, 2.75) is 0 Å². The predicted molar refractivity (Wildman–Crippen MR) is 122 cm³/mol. The fraction of sp³-hybridized carbons (Fsp3) is 0. The van der Waals surface area contributed by atoms with E-state index >= 15 is 0 Å². The first-order chi connectivity index (χ1) is 15.6. The van der Waals surface area contributed by atoms with E-state index in [1.807, 2.05) is 36.4 Å². The molecule has 4 aromatic rings. The Morgan fingerprint density at radius 1 is 0.375 bits per heavy atom. The summed E-state index contributed by atoms with van der Waals surface area (Å²) in [7, 11) is 0. The van der Waals surface area contributed by atoms with E-state index < -0.39 is 23.1 Å². The van der Waals surface area contributed by atoms with E-state index in [-0.39, 0.29) is 0 Å². The van der Waals surface area contributed by atoms with Crippen molar-refractivity contribution >= 4 is 23.1 Å². The van der Waals surface area contributed by atoms with E-state index in [9.17, 15) is 19.2 Å². The molecule has 0 N–H and O–H groups in total. The number of hydrogen-bond donors (Lipinski definition) is 0. The highest BCUT2D eigenvalue weighted by Crippen LogP contribution is 2.32. The number of carbonyl (C=O) groups excluding carboxylic acids is 4. The van der Waals surface area contributed by atoms with Crippen LogP contribution in [0.4, 0.5) is 0 Å². The zero-order valence-electron chi connectivity index (χ0n) is 17.0. The van der Waals surface area contributed by atoms with E-state index in [0.29, 0.717) is 22.3 Å². The fourth-order valence-electron chi connectivity index (χ4n) is 3.52. The molecule has 0 spiro atoms. The van der Waals surface area contributed by atoms with Gasteiger partial charge in [-0.05, 0) is 11.1 Å². The lowest BCUT2D eigenvalue weighted by Crippen LogP contribution is -2.20. The Morgan fingerprint density at radius 3 is 1.00 bits per heavy atom. The predicted octanol–water partition coefficient (Wildman–Crippen LogP) is 5.48. The second-order valence-corrected chi connectivity index (χ2v) is 7.14. The molecule has 0 heterocycles. The molecule has 0 atom stereocenters. The van der Waals surface area contributed by atoms with E-state index in [1.54, 1.807) is 72.8 Å². The average molecular weight is 418 g/mol. The first-order valence-electron chi connectivity index (χ1n) is 10.0. The van der Waals surface area contributed by atoms with Crippen LogP contribution in [0.1, 0.15) is 41.4 Å². The van der Waals surface area contributed by atoms with Gasteiger partial charge in [0.2, 0.25) is 23.1 Å². The van der Waals surface area contributed by atoms with Crippen molar-refractivity contribution in [3.63, 3.8) is 0 Å². The van der Waals surface area contributed by atoms with Gasteiger partial charge in [0.25, 0.3) is 0 Å². The van der Waals surface area contributed by atoms with Gasteiger partial charge in [-0.3, -0.25) is 19.2 Å². The molecule has 0 saturated heterocycles. The van der Waals surface area contributed by atoms with E-state index in [4.69, 9.17) is 0 Å². The molecular formula is C28H18O4. The summed E-state index contributed by atoms with van der Waals surface area (Å²) in [5.41, 5.74) is 3.57. The van der Waals surface area contributed by atoms with Crippen molar-refractivity contribution in [2.24, 2.45) is 0 Å². The molecule has 5 rings (SSSR count). The maximum absolute atomic E-state index is 11.8. The van der Waals surface area contributed by atoms with Gasteiger partial charge in [0.05, 0.1) is 0 Å². The number of rotatable bonds is 3. The Labute approximate surface area is 185 Å². The fourth-order valence-corrected chi connectivity index (χ4v) is 3.52. The normalized spacial score (nSPS) is 11.5. The van der Waals surface area contributed by atoms with Crippen molar-refractivity contribution in [2.75, 3.05) is 0 Å². The highest BCUT2D eigenvalue weighted by atomic mass is 16.2. The zero-order valence-corrected chi connectivity index (χ0v) is 17.0. The lowest BCUT2D eigenvalue weighted by molar-refractivity contribution is 0.0815. The van der Waals surface area contributed by atoms with Crippen LogP contribution in [0.15, 0.2) is 109 Å². The standard InChI is InChI=1S/C14H8O2.C14H10O2/c15-13-11-7-3-1-5-9(11)10-6-2-4-8-12(10)14(13)16;15-13(11-7-3-1-4-8-11)14(16)12-9-5-2-6-10-12/h1-8H;1-10H. The third-order valence-electron chi connectivity index (χ3n) is 5.12. The van der Waals surface area contributed by atoms with Crippen molar-refractivity contribution in [3.8, 4) is 11.1 Å². The van der Waals surface area contributed by atoms with E-state index in [0.717, 1.165) is 11.1 Å². The highest BCUT2D eigenvalue weighted by molar-refractivity contribution is 6.53. The maximum atomic E-state index is 11.8. The molecule has 32 heavy (non-hydrogen) atoms. The highest BCUT2D eigenvalue weighted by Gasteiger charge is 2.29. The van der Waals surface area contributed by atoms with Gasteiger partial charge in [-0.2, -0.15) is 0 Å². The summed E-state index contributed by atoms with van der Waals surface area (Å²) < 4.78 is 0. The molecule has 1 aliphatic rings. The Balaban J connectivity index is 0.000000153. The Hall–Kier alpha value is -4.44. The molecule has 4 aromatic carbocycles. The quantitative estimate of drug-likeness (QED) is 0.326. The SMILES string of the molecule is O=C(C(=O)c1ccccc1)c1ccccc1.O=C1C(=O)c2ccccc2-c2ccccc21. The van der Waals surface area contributed by atoms with Crippen molar-refractivity contribution < 1.29 is 19.2 Å². The van der Waals surface area contributed by atoms with Crippen molar-refractivity contribution in [1.82, 2.24) is 0 Å². The minimum Gasteiger partial charge on any atom is -0.285 e. The van der Waals surface area contributed by atoms with Crippen LogP contribution in [-0.4, -0.2) is 23.1 Å². The van der Waals surface area contributed by atoms with E-state index in [2.05, 4.69) is 0 Å². The maximum Gasteiger partial charge on any atom is 0.234 e. The minimum atomic E-state index is -0.466. The summed E-state index contributed by atoms with van der Waals surface area (Å²) in [6, 6.07) is 31.6. The first-order valence-corrected chi connectivity index (χ1v) is 10.0. The van der Waals surface area contributed by atoms with Crippen LogP contribution in [0.3, 0.4) is 0 Å². The second kappa shape index (κ2) is 9.14. The molecule has 0 aliphatic heterocycles. The molecule has 0 amide bonds. The summed E-state index contributed by atoms with van der Waals surface area (Å²) in [6.45, 7) is 0. The molecule has 0 aromatic heterocycles. The number of hydrogen-bond acceptors (Lipinski definition) is 4. The van der Waals surface area contributed by atoms with Gasteiger partial charge in [0.1, 0.15) is 0 Å². The van der Waals surface area contributed by atoms with Gasteiger partial charge in [-0.25, -0.2) is 0 Å². The van der Waals surface area contributed by atoms with Crippen LogP contribution in [0.5, 0.6) is 0 Å². The van der Waals surface area contributed by atoms with Crippen molar-refractivity contribution in [3.05, 3.63) is 131 Å². The number of ketones is 4. The summed E-state index contributed by atoms with van der Waals surface area (Å²) in [5.74, 6) is -1.75. The monoisotopic (exact) mass is 418 g/mol. The van der Waals surface area contributed by atoms with Crippen molar-refractivity contribution in [1.29, 1.82) is 0 Å².